The first-order valence-electron chi connectivity index (χ1n) is 4.40. The van der Waals surface area contributed by atoms with Gasteiger partial charge in [0, 0.05) is 6.42 Å². The van der Waals surface area contributed by atoms with Gasteiger partial charge < -0.3 is 4.79 Å². The van der Waals surface area contributed by atoms with Gasteiger partial charge in [0.1, 0.15) is 6.29 Å². The highest BCUT2D eigenvalue weighted by Crippen LogP contribution is 2.17. The predicted octanol–water partition coefficient (Wildman–Crippen LogP) is 2.68. The minimum atomic E-state index is -0.429. The summed E-state index contributed by atoms with van der Waals surface area (Å²) in [6.45, 7) is 3.67. The van der Waals surface area contributed by atoms with Crippen molar-refractivity contribution in [3.05, 3.63) is 4.91 Å². The molecule has 0 unspecified atom stereocenters. The molecule has 0 amide bonds. The maximum Gasteiger partial charge on any atom is 0.119 e. The van der Waals surface area contributed by atoms with Gasteiger partial charge in [-0.3, -0.25) is 0 Å². The molecule has 0 aromatic rings. The van der Waals surface area contributed by atoms with E-state index in [1.807, 2.05) is 13.8 Å². The van der Waals surface area contributed by atoms with Gasteiger partial charge in [0.05, 0.1) is 5.54 Å². The highest BCUT2D eigenvalue weighted by Gasteiger charge is 2.16. The summed E-state index contributed by atoms with van der Waals surface area (Å²) in [5.41, 5.74) is -0.429. The van der Waals surface area contributed by atoms with Crippen LogP contribution < -0.4 is 0 Å². The van der Waals surface area contributed by atoms with Gasteiger partial charge in [-0.15, -0.1) is 0 Å². The lowest BCUT2D eigenvalue weighted by molar-refractivity contribution is -0.107. The van der Waals surface area contributed by atoms with Gasteiger partial charge in [-0.1, -0.05) is 18.0 Å². The smallest absolute Gasteiger partial charge is 0.119 e. The van der Waals surface area contributed by atoms with E-state index in [2.05, 4.69) is 5.18 Å². The van der Waals surface area contributed by atoms with Crippen molar-refractivity contribution in [2.45, 2.75) is 51.5 Å². The van der Waals surface area contributed by atoms with Crippen molar-refractivity contribution in [3.8, 4) is 0 Å². The van der Waals surface area contributed by atoms with E-state index in [0.29, 0.717) is 6.42 Å². The molecule has 0 bridgehead atoms. The average Bonchev–Trinajstić information content (AvgIpc) is 2.04. The van der Waals surface area contributed by atoms with Crippen molar-refractivity contribution in [2.24, 2.45) is 5.18 Å². The first-order chi connectivity index (χ1) is 5.62. The molecule has 0 saturated heterocycles. The average molecular weight is 171 g/mol. The lowest BCUT2D eigenvalue weighted by atomic mass is 9.98. The molecule has 0 atom stereocenters. The van der Waals surface area contributed by atoms with Crippen LogP contribution in [0.15, 0.2) is 5.18 Å². The van der Waals surface area contributed by atoms with Crippen LogP contribution in [0.5, 0.6) is 0 Å². The summed E-state index contributed by atoms with van der Waals surface area (Å²) in [6.07, 6.45) is 5.30. The van der Waals surface area contributed by atoms with E-state index in [1.54, 1.807) is 0 Å². The summed E-state index contributed by atoms with van der Waals surface area (Å²) in [5.74, 6) is 0. The van der Waals surface area contributed by atoms with Gasteiger partial charge in [0.15, 0.2) is 0 Å². The Balaban J connectivity index is 3.30. The van der Waals surface area contributed by atoms with Crippen LogP contribution in [-0.4, -0.2) is 11.8 Å². The minimum absolute atomic E-state index is 0.429. The molecule has 0 radical (unpaired) electrons. The monoisotopic (exact) mass is 171 g/mol. The molecule has 0 aromatic heterocycles. The number of carbonyl (C=O) groups excluding carboxylic acids is 1. The van der Waals surface area contributed by atoms with E-state index in [0.717, 1.165) is 32.0 Å². The van der Waals surface area contributed by atoms with Gasteiger partial charge in [-0.05, 0) is 26.7 Å². The number of unbranched alkanes of at least 4 members (excludes halogenated alkanes) is 3. The molecule has 0 aliphatic heterocycles. The number of carbonyl (C=O) groups is 1. The molecule has 3 heteroatoms. The number of hydrogen-bond acceptors (Lipinski definition) is 3. The lowest BCUT2D eigenvalue weighted by Crippen LogP contribution is -2.14. The predicted molar refractivity (Wildman–Crippen MR) is 49.0 cm³/mol. The Morgan fingerprint density at radius 1 is 1.25 bits per heavy atom. The lowest BCUT2D eigenvalue weighted by Gasteiger charge is -2.13. The van der Waals surface area contributed by atoms with Crippen molar-refractivity contribution < 1.29 is 4.79 Å². The normalized spacial score (nSPS) is 11.2. The van der Waals surface area contributed by atoms with Crippen LogP contribution in [-0.2, 0) is 4.79 Å². The fourth-order valence-electron chi connectivity index (χ4n) is 1.01. The standard InChI is InChI=1S/C9H17NO2/c1-9(2,10-12)7-5-3-4-6-8-11/h8H,3-7H2,1-2H3. The molecule has 70 valence electrons. The Kier molecular flexibility index (Phi) is 5.51. The highest BCUT2D eigenvalue weighted by atomic mass is 16.3. The Morgan fingerprint density at radius 3 is 2.42 bits per heavy atom. The summed E-state index contributed by atoms with van der Waals surface area (Å²) in [6, 6.07) is 0. The molecule has 0 rings (SSSR count). The van der Waals surface area contributed by atoms with Gasteiger partial charge in [0.25, 0.3) is 0 Å². The molecule has 3 nitrogen and oxygen atoms in total. The van der Waals surface area contributed by atoms with Crippen LogP contribution >= 0.6 is 0 Å². The fourth-order valence-corrected chi connectivity index (χ4v) is 1.01. The second-order valence-electron chi connectivity index (χ2n) is 3.67. The van der Waals surface area contributed by atoms with Crippen molar-refractivity contribution in [1.29, 1.82) is 0 Å². The molecule has 0 fully saturated rings. The quantitative estimate of drug-likeness (QED) is 0.336. The van der Waals surface area contributed by atoms with Gasteiger partial charge >= 0.3 is 0 Å². The number of nitrogens with zero attached hydrogens (tertiary/aromatic N) is 1. The van der Waals surface area contributed by atoms with Gasteiger partial charge in [-0.25, -0.2) is 0 Å². The molecule has 0 saturated carbocycles. The summed E-state index contributed by atoms with van der Waals surface area (Å²) in [4.78, 5) is 20.2. The van der Waals surface area contributed by atoms with Gasteiger partial charge in [0.2, 0.25) is 0 Å². The summed E-state index contributed by atoms with van der Waals surface area (Å²) < 4.78 is 0. The van der Waals surface area contributed by atoms with E-state index in [1.165, 1.54) is 0 Å². The first-order valence-corrected chi connectivity index (χ1v) is 4.40. The van der Waals surface area contributed by atoms with Crippen molar-refractivity contribution in [1.82, 2.24) is 0 Å². The van der Waals surface area contributed by atoms with E-state index in [9.17, 15) is 9.70 Å². The largest absolute Gasteiger partial charge is 0.303 e. The van der Waals surface area contributed by atoms with E-state index in [4.69, 9.17) is 0 Å². The molecule has 0 spiro atoms. The molecule has 0 N–H and O–H groups in total. The van der Waals surface area contributed by atoms with Crippen LogP contribution in [0.2, 0.25) is 0 Å². The number of nitroso groups, excluding NO2 is 1. The SMILES string of the molecule is CC(C)(CCCCCC=O)N=O. The van der Waals surface area contributed by atoms with Crippen molar-refractivity contribution >= 4 is 6.29 Å². The van der Waals surface area contributed by atoms with E-state index in [-0.39, 0.29) is 0 Å². The Bertz CT molecular complexity index is 143. The minimum Gasteiger partial charge on any atom is -0.303 e. The van der Waals surface area contributed by atoms with Crippen molar-refractivity contribution in [3.63, 3.8) is 0 Å². The van der Waals surface area contributed by atoms with E-state index < -0.39 is 5.54 Å². The third kappa shape index (κ3) is 6.01. The Labute approximate surface area is 73.5 Å². The zero-order chi connectivity index (χ0) is 9.45. The molecule has 0 aromatic carbocycles. The van der Waals surface area contributed by atoms with Crippen LogP contribution in [0, 0.1) is 4.91 Å². The molecular formula is C9H17NO2. The molecule has 12 heavy (non-hydrogen) atoms. The van der Waals surface area contributed by atoms with E-state index >= 15 is 0 Å². The maximum atomic E-state index is 10.2. The van der Waals surface area contributed by atoms with Crippen LogP contribution in [0.1, 0.15) is 46.0 Å². The van der Waals surface area contributed by atoms with Crippen LogP contribution in [0.4, 0.5) is 0 Å². The highest BCUT2D eigenvalue weighted by molar-refractivity contribution is 5.48. The Hall–Kier alpha value is -0.730. The number of hydrogen-bond donors (Lipinski definition) is 0. The van der Waals surface area contributed by atoms with Crippen molar-refractivity contribution in [2.75, 3.05) is 0 Å². The molecule has 0 aliphatic rings. The second kappa shape index (κ2) is 5.86. The third-order valence-corrected chi connectivity index (χ3v) is 1.86. The zero-order valence-electron chi connectivity index (χ0n) is 7.88. The molecule has 0 aliphatic carbocycles. The summed E-state index contributed by atoms with van der Waals surface area (Å²) in [5, 5.41) is 3.02. The summed E-state index contributed by atoms with van der Waals surface area (Å²) >= 11 is 0. The maximum absolute atomic E-state index is 10.2. The first kappa shape index (κ1) is 11.3. The van der Waals surface area contributed by atoms with Crippen LogP contribution in [0.25, 0.3) is 0 Å². The number of aldehydes is 1. The van der Waals surface area contributed by atoms with Gasteiger partial charge in [-0.2, -0.15) is 4.91 Å². The summed E-state index contributed by atoms with van der Waals surface area (Å²) in [7, 11) is 0. The third-order valence-electron chi connectivity index (χ3n) is 1.86. The zero-order valence-corrected chi connectivity index (χ0v) is 7.88. The molecular weight excluding hydrogens is 154 g/mol. The fraction of sp³-hybridized carbons (Fsp3) is 0.889. The Morgan fingerprint density at radius 2 is 1.92 bits per heavy atom. The van der Waals surface area contributed by atoms with Crippen LogP contribution in [0.3, 0.4) is 0 Å². The number of rotatable bonds is 7. The second-order valence-corrected chi connectivity index (χ2v) is 3.67. The molecule has 0 heterocycles. The topological polar surface area (TPSA) is 46.5 Å².